The highest BCUT2D eigenvalue weighted by Crippen LogP contribution is 2.35. The Kier molecular flexibility index (Phi) is 4.69. The SMILES string of the molecule is C1CN2CCC12.CCc1ccsc1-c1ccc2ccccc2c1C=O. The summed E-state index contributed by atoms with van der Waals surface area (Å²) in [4.78, 5) is 15.3. The van der Waals surface area contributed by atoms with Gasteiger partial charge in [-0.15, -0.1) is 11.3 Å². The zero-order chi connectivity index (χ0) is 17.2. The van der Waals surface area contributed by atoms with Crippen LogP contribution in [0.4, 0.5) is 0 Å². The molecule has 0 N–H and O–H groups in total. The molecule has 0 saturated carbocycles. The van der Waals surface area contributed by atoms with Gasteiger partial charge in [-0.3, -0.25) is 4.79 Å². The first kappa shape index (κ1) is 16.5. The highest BCUT2D eigenvalue weighted by molar-refractivity contribution is 7.13. The highest BCUT2D eigenvalue weighted by Gasteiger charge is 2.34. The van der Waals surface area contributed by atoms with Crippen LogP contribution in [0, 0.1) is 0 Å². The van der Waals surface area contributed by atoms with Gasteiger partial charge in [0.05, 0.1) is 0 Å². The molecule has 2 nitrogen and oxygen atoms in total. The molecule has 0 bridgehead atoms. The number of aryl methyl sites for hydroxylation is 1. The molecule has 2 aliphatic rings. The third-order valence-corrected chi connectivity index (χ3v) is 6.47. The highest BCUT2D eigenvalue weighted by atomic mass is 32.1. The first-order chi connectivity index (χ1) is 12.3. The van der Waals surface area contributed by atoms with Crippen molar-refractivity contribution in [3.05, 3.63) is 59.0 Å². The molecule has 25 heavy (non-hydrogen) atoms. The summed E-state index contributed by atoms with van der Waals surface area (Å²) in [6, 6.07) is 15.4. The van der Waals surface area contributed by atoms with Crippen LogP contribution in [0.15, 0.2) is 47.8 Å². The average molecular weight is 349 g/mol. The van der Waals surface area contributed by atoms with E-state index in [4.69, 9.17) is 0 Å². The summed E-state index contributed by atoms with van der Waals surface area (Å²) < 4.78 is 0. The summed E-state index contributed by atoms with van der Waals surface area (Å²) in [5, 5.41) is 4.24. The van der Waals surface area contributed by atoms with Crippen LogP contribution in [-0.2, 0) is 6.42 Å². The van der Waals surface area contributed by atoms with Gasteiger partial charge in [0.15, 0.2) is 6.29 Å². The minimum absolute atomic E-state index is 0.801. The van der Waals surface area contributed by atoms with Gasteiger partial charge in [0, 0.05) is 22.0 Å². The Balaban J connectivity index is 0.000000217. The lowest BCUT2D eigenvalue weighted by Gasteiger charge is -2.50. The third-order valence-electron chi connectivity index (χ3n) is 5.48. The quantitative estimate of drug-likeness (QED) is 0.589. The van der Waals surface area contributed by atoms with Crippen LogP contribution in [0.5, 0.6) is 0 Å². The van der Waals surface area contributed by atoms with Crippen molar-refractivity contribution in [2.45, 2.75) is 32.2 Å². The predicted octanol–water partition coefficient (Wildman–Crippen LogP) is 5.41. The van der Waals surface area contributed by atoms with Crippen molar-refractivity contribution in [2.24, 2.45) is 0 Å². The van der Waals surface area contributed by atoms with Crippen molar-refractivity contribution < 1.29 is 4.79 Å². The summed E-state index contributed by atoms with van der Waals surface area (Å²) in [6.45, 7) is 4.93. The molecule has 128 valence electrons. The number of piperidine rings is 1. The van der Waals surface area contributed by atoms with Gasteiger partial charge in [0.25, 0.3) is 0 Å². The number of hydrogen-bond acceptors (Lipinski definition) is 3. The molecule has 2 fully saturated rings. The van der Waals surface area contributed by atoms with Crippen molar-refractivity contribution in [1.82, 2.24) is 4.90 Å². The minimum atomic E-state index is 0.801. The fourth-order valence-corrected chi connectivity index (χ4v) is 4.75. The van der Waals surface area contributed by atoms with E-state index in [1.165, 1.54) is 36.4 Å². The van der Waals surface area contributed by atoms with Crippen LogP contribution < -0.4 is 0 Å². The van der Waals surface area contributed by atoms with E-state index in [-0.39, 0.29) is 0 Å². The summed E-state index contributed by atoms with van der Waals surface area (Å²) >= 11 is 1.71. The number of hydrogen-bond donors (Lipinski definition) is 0. The molecule has 3 heteroatoms. The fourth-order valence-electron chi connectivity index (χ4n) is 3.72. The van der Waals surface area contributed by atoms with Crippen molar-refractivity contribution >= 4 is 28.4 Å². The summed E-state index contributed by atoms with van der Waals surface area (Å²) in [5.41, 5.74) is 3.17. The number of carbonyl (C=O) groups excluding carboxylic acids is 1. The zero-order valence-corrected chi connectivity index (χ0v) is 15.4. The van der Waals surface area contributed by atoms with Crippen molar-refractivity contribution in [3.63, 3.8) is 0 Å². The smallest absolute Gasteiger partial charge is 0.151 e. The maximum Gasteiger partial charge on any atom is 0.151 e. The van der Waals surface area contributed by atoms with E-state index in [0.717, 1.165) is 40.6 Å². The molecular weight excluding hydrogens is 326 g/mol. The second-order valence-electron chi connectivity index (χ2n) is 6.76. The van der Waals surface area contributed by atoms with Crippen LogP contribution in [0.25, 0.3) is 21.2 Å². The largest absolute Gasteiger partial charge is 0.300 e. The van der Waals surface area contributed by atoms with Gasteiger partial charge in [-0.25, -0.2) is 0 Å². The molecule has 0 amide bonds. The number of carbonyl (C=O) groups is 1. The molecule has 3 aromatic rings. The van der Waals surface area contributed by atoms with Gasteiger partial charge in [-0.2, -0.15) is 0 Å². The number of aldehydes is 1. The normalized spacial score (nSPS) is 16.4. The van der Waals surface area contributed by atoms with Gasteiger partial charge in [-0.1, -0.05) is 43.3 Å². The van der Waals surface area contributed by atoms with E-state index in [1.807, 2.05) is 24.3 Å². The van der Waals surface area contributed by atoms with Gasteiger partial charge in [-0.05, 0) is 60.1 Å². The summed E-state index contributed by atoms with van der Waals surface area (Å²) in [7, 11) is 0. The number of fused-ring (bicyclic) bond motifs is 2. The second kappa shape index (κ2) is 7.11. The Morgan fingerprint density at radius 1 is 1.12 bits per heavy atom. The Hall–Kier alpha value is -1.97. The molecule has 2 saturated heterocycles. The van der Waals surface area contributed by atoms with Crippen molar-refractivity contribution in [1.29, 1.82) is 0 Å². The maximum absolute atomic E-state index is 11.5. The van der Waals surface area contributed by atoms with Crippen LogP contribution in [0.3, 0.4) is 0 Å². The lowest BCUT2D eigenvalue weighted by atomic mass is 9.91. The van der Waals surface area contributed by atoms with Gasteiger partial charge in [0.2, 0.25) is 0 Å². The molecule has 0 radical (unpaired) electrons. The lowest BCUT2D eigenvalue weighted by molar-refractivity contribution is -0.00222. The number of benzene rings is 2. The van der Waals surface area contributed by atoms with E-state index in [9.17, 15) is 4.79 Å². The second-order valence-corrected chi connectivity index (χ2v) is 7.68. The zero-order valence-electron chi connectivity index (χ0n) is 14.6. The lowest BCUT2D eigenvalue weighted by Crippen LogP contribution is -2.57. The standard InChI is InChI=1S/C17H14OS.C5H9N/c1-2-12-9-10-19-17(12)15-8-7-13-5-3-4-6-14(13)16(15)11-18;1-3-6-4-2-5(1)6/h3-11H,2H2,1H3;5H,1-4H2. The van der Waals surface area contributed by atoms with Crippen LogP contribution >= 0.6 is 11.3 Å². The molecule has 2 aliphatic heterocycles. The monoisotopic (exact) mass is 349 g/mol. The number of rotatable bonds is 3. The first-order valence-electron chi connectivity index (χ1n) is 9.09. The van der Waals surface area contributed by atoms with E-state index in [0.29, 0.717) is 0 Å². The Morgan fingerprint density at radius 2 is 1.88 bits per heavy atom. The fraction of sp³-hybridized carbons (Fsp3) is 0.318. The van der Waals surface area contributed by atoms with Gasteiger partial charge >= 0.3 is 0 Å². The number of thiophene rings is 1. The van der Waals surface area contributed by atoms with E-state index < -0.39 is 0 Å². The molecular formula is C22H23NOS. The molecule has 1 aromatic heterocycles. The molecule has 0 unspecified atom stereocenters. The Labute approximate surface area is 153 Å². The molecule has 2 aromatic carbocycles. The van der Waals surface area contributed by atoms with Crippen LogP contribution in [-0.4, -0.2) is 30.3 Å². The van der Waals surface area contributed by atoms with E-state index in [2.05, 4.69) is 35.4 Å². The van der Waals surface area contributed by atoms with Crippen LogP contribution in [0.1, 0.15) is 35.7 Å². The molecule has 0 aliphatic carbocycles. The van der Waals surface area contributed by atoms with Crippen molar-refractivity contribution in [2.75, 3.05) is 13.1 Å². The molecule has 3 heterocycles. The molecule has 5 rings (SSSR count). The molecule has 0 spiro atoms. The molecule has 0 atom stereocenters. The minimum Gasteiger partial charge on any atom is -0.300 e. The van der Waals surface area contributed by atoms with Gasteiger partial charge < -0.3 is 4.90 Å². The summed E-state index contributed by atoms with van der Waals surface area (Å²) in [5.74, 6) is 0. The maximum atomic E-state index is 11.5. The third kappa shape index (κ3) is 3.03. The number of nitrogens with zero attached hydrogens (tertiary/aromatic N) is 1. The Bertz CT molecular complexity index is 880. The van der Waals surface area contributed by atoms with E-state index in [1.54, 1.807) is 11.3 Å². The first-order valence-corrected chi connectivity index (χ1v) is 9.97. The summed E-state index contributed by atoms with van der Waals surface area (Å²) in [6.07, 6.45) is 4.95. The van der Waals surface area contributed by atoms with Gasteiger partial charge in [0.1, 0.15) is 0 Å². The topological polar surface area (TPSA) is 20.3 Å². The Morgan fingerprint density at radius 3 is 2.48 bits per heavy atom. The van der Waals surface area contributed by atoms with E-state index >= 15 is 0 Å². The van der Waals surface area contributed by atoms with Crippen molar-refractivity contribution in [3.8, 4) is 10.4 Å². The van der Waals surface area contributed by atoms with Crippen LogP contribution in [0.2, 0.25) is 0 Å². The predicted molar refractivity (Wildman–Crippen MR) is 107 cm³/mol. The average Bonchev–Trinajstić information content (AvgIpc) is 3.12.